The van der Waals surface area contributed by atoms with Crippen LogP contribution >= 0.6 is 0 Å². The van der Waals surface area contributed by atoms with Gasteiger partial charge in [0.1, 0.15) is 12.4 Å². The van der Waals surface area contributed by atoms with Crippen LogP contribution in [0.5, 0.6) is 5.75 Å². The van der Waals surface area contributed by atoms with E-state index >= 15 is 0 Å². The topological polar surface area (TPSA) is 26.3 Å². The summed E-state index contributed by atoms with van der Waals surface area (Å²) in [6.07, 6.45) is 1.47. The van der Waals surface area contributed by atoms with Crippen LogP contribution in [0.3, 0.4) is 0 Å². The maximum atomic E-state index is 11.8. The molecule has 1 aliphatic carbocycles. The lowest BCUT2D eigenvalue weighted by Gasteiger charge is -2.11. The molecule has 2 nitrogen and oxygen atoms in total. The number of Topliss-reactive ketones (excluding diaryl/α,β-unsaturated/α-hetero) is 1. The van der Waals surface area contributed by atoms with Gasteiger partial charge in [-0.25, -0.2) is 0 Å². The van der Waals surface area contributed by atoms with Crippen LogP contribution in [0.15, 0.2) is 24.3 Å². The first kappa shape index (κ1) is 10.9. The van der Waals surface area contributed by atoms with Gasteiger partial charge in [0.15, 0.2) is 5.78 Å². The number of benzene rings is 1. The SMILES string of the molecule is C=C(C)COc1ccc(C)c2c1C(=O)CC2. The summed E-state index contributed by atoms with van der Waals surface area (Å²) >= 11 is 0. The molecule has 0 aromatic heterocycles. The molecule has 0 bridgehead atoms. The van der Waals surface area contributed by atoms with E-state index in [-0.39, 0.29) is 5.78 Å². The average molecular weight is 216 g/mol. The van der Waals surface area contributed by atoms with Crippen LogP contribution in [0, 0.1) is 6.92 Å². The van der Waals surface area contributed by atoms with E-state index in [0.29, 0.717) is 18.8 Å². The Kier molecular flexibility index (Phi) is 2.82. The van der Waals surface area contributed by atoms with Crippen molar-refractivity contribution in [2.24, 2.45) is 0 Å². The second kappa shape index (κ2) is 4.12. The Labute approximate surface area is 95.9 Å². The van der Waals surface area contributed by atoms with Crippen molar-refractivity contribution in [1.82, 2.24) is 0 Å². The lowest BCUT2D eigenvalue weighted by Crippen LogP contribution is -2.03. The quantitative estimate of drug-likeness (QED) is 0.726. The molecule has 0 heterocycles. The van der Waals surface area contributed by atoms with Crippen molar-refractivity contribution in [2.75, 3.05) is 6.61 Å². The van der Waals surface area contributed by atoms with E-state index < -0.39 is 0 Å². The molecule has 0 unspecified atom stereocenters. The third-order valence-electron chi connectivity index (χ3n) is 2.86. The van der Waals surface area contributed by atoms with Crippen LogP contribution in [0.25, 0.3) is 0 Å². The lowest BCUT2D eigenvalue weighted by atomic mass is 10.0. The zero-order valence-corrected chi connectivity index (χ0v) is 9.80. The van der Waals surface area contributed by atoms with E-state index in [4.69, 9.17) is 4.74 Å². The van der Waals surface area contributed by atoms with Gasteiger partial charge in [-0.15, -0.1) is 0 Å². The van der Waals surface area contributed by atoms with Crippen molar-refractivity contribution < 1.29 is 9.53 Å². The molecule has 2 rings (SSSR count). The van der Waals surface area contributed by atoms with E-state index in [9.17, 15) is 4.79 Å². The Hall–Kier alpha value is -1.57. The predicted molar refractivity (Wildman–Crippen MR) is 64.1 cm³/mol. The molecule has 0 aliphatic heterocycles. The highest BCUT2D eigenvalue weighted by atomic mass is 16.5. The van der Waals surface area contributed by atoms with Gasteiger partial charge in [0, 0.05) is 6.42 Å². The molecule has 1 aliphatic rings. The fourth-order valence-corrected chi connectivity index (χ4v) is 2.04. The molecule has 0 atom stereocenters. The highest BCUT2D eigenvalue weighted by molar-refractivity contribution is 6.03. The Morgan fingerprint density at radius 1 is 1.44 bits per heavy atom. The van der Waals surface area contributed by atoms with Crippen LogP contribution in [0.2, 0.25) is 0 Å². The number of carbonyl (C=O) groups is 1. The number of rotatable bonds is 3. The summed E-state index contributed by atoms with van der Waals surface area (Å²) in [7, 11) is 0. The van der Waals surface area contributed by atoms with Crippen molar-refractivity contribution >= 4 is 5.78 Å². The highest BCUT2D eigenvalue weighted by Gasteiger charge is 2.25. The van der Waals surface area contributed by atoms with Gasteiger partial charge >= 0.3 is 0 Å². The lowest BCUT2D eigenvalue weighted by molar-refractivity contribution is 0.0991. The maximum Gasteiger partial charge on any atom is 0.167 e. The molecule has 0 saturated carbocycles. The Balaban J connectivity index is 2.36. The van der Waals surface area contributed by atoms with Gasteiger partial charge in [0.25, 0.3) is 0 Å². The number of fused-ring (bicyclic) bond motifs is 1. The summed E-state index contributed by atoms with van der Waals surface area (Å²) in [5.41, 5.74) is 4.09. The average Bonchev–Trinajstić information content (AvgIpc) is 2.61. The first-order chi connectivity index (χ1) is 7.59. The van der Waals surface area contributed by atoms with Gasteiger partial charge in [-0.3, -0.25) is 4.79 Å². The number of aryl methyl sites for hydroxylation is 1. The number of ketones is 1. The molecular weight excluding hydrogens is 200 g/mol. The molecule has 1 aromatic rings. The first-order valence-electron chi connectivity index (χ1n) is 5.52. The van der Waals surface area contributed by atoms with Crippen LogP contribution in [-0.2, 0) is 6.42 Å². The standard InChI is InChI=1S/C14H16O2/c1-9(2)8-16-13-7-4-10(3)11-5-6-12(15)14(11)13/h4,7H,1,5-6,8H2,2-3H3. The first-order valence-corrected chi connectivity index (χ1v) is 5.52. The summed E-state index contributed by atoms with van der Waals surface area (Å²) in [6.45, 7) is 8.22. The molecule has 0 spiro atoms. The monoisotopic (exact) mass is 216 g/mol. The summed E-state index contributed by atoms with van der Waals surface area (Å²) in [6, 6.07) is 3.91. The number of hydrogen-bond donors (Lipinski definition) is 0. The molecule has 0 amide bonds. The van der Waals surface area contributed by atoms with Gasteiger partial charge < -0.3 is 4.74 Å². The van der Waals surface area contributed by atoms with Gasteiger partial charge in [0.05, 0.1) is 5.56 Å². The van der Waals surface area contributed by atoms with Crippen molar-refractivity contribution in [2.45, 2.75) is 26.7 Å². The van der Waals surface area contributed by atoms with Crippen molar-refractivity contribution in [3.8, 4) is 5.75 Å². The van der Waals surface area contributed by atoms with Gasteiger partial charge in [-0.1, -0.05) is 12.6 Å². The van der Waals surface area contributed by atoms with E-state index in [1.54, 1.807) is 0 Å². The zero-order chi connectivity index (χ0) is 11.7. The summed E-state index contributed by atoms with van der Waals surface area (Å²) in [4.78, 5) is 11.8. The normalized spacial score (nSPS) is 13.8. The summed E-state index contributed by atoms with van der Waals surface area (Å²) < 4.78 is 5.62. The van der Waals surface area contributed by atoms with Crippen molar-refractivity contribution in [1.29, 1.82) is 0 Å². The molecule has 0 radical (unpaired) electrons. The molecule has 0 saturated heterocycles. The minimum Gasteiger partial charge on any atom is -0.489 e. The van der Waals surface area contributed by atoms with Crippen LogP contribution in [-0.4, -0.2) is 12.4 Å². The smallest absolute Gasteiger partial charge is 0.167 e. The second-order valence-corrected chi connectivity index (χ2v) is 4.40. The second-order valence-electron chi connectivity index (χ2n) is 4.40. The molecule has 0 N–H and O–H groups in total. The van der Waals surface area contributed by atoms with Crippen molar-refractivity contribution in [3.63, 3.8) is 0 Å². The summed E-state index contributed by atoms with van der Waals surface area (Å²) in [5.74, 6) is 0.918. The Bertz CT molecular complexity index is 458. The minimum absolute atomic E-state index is 0.204. The van der Waals surface area contributed by atoms with E-state index in [1.165, 1.54) is 5.56 Å². The van der Waals surface area contributed by atoms with Gasteiger partial charge in [0.2, 0.25) is 0 Å². The molecule has 16 heavy (non-hydrogen) atoms. The number of hydrogen-bond acceptors (Lipinski definition) is 2. The molecule has 0 fully saturated rings. The van der Waals surface area contributed by atoms with Gasteiger partial charge in [-0.05, 0) is 43.0 Å². The van der Waals surface area contributed by atoms with E-state index in [1.807, 2.05) is 26.0 Å². The molecular formula is C14H16O2. The predicted octanol–water partition coefficient (Wildman–Crippen LogP) is 3.08. The summed E-state index contributed by atoms with van der Waals surface area (Å²) in [5, 5.41) is 0. The largest absolute Gasteiger partial charge is 0.489 e. The van der Waals surface area contributed by atoms with Crippen LogP contribution in [0.1, 0.15) is 34.8 Å². The molecule has 1 aromatic carbocycles. The fraction of sp³-hybridized carbons (Fsp3) is 0.357. The van der Waals surface area contributed by atoms with Crippen molar-refractivity contribution in [3.05, 3.63) is 41.0 Å². The van der Waals surface area contributed by atoms with E-state index in [0.717, 1.165) is 23.1 Å². The third-order valence-corrected chi connectivity index (χ3v) is 2.86. The zero-order valence-electron chi connectivity index (χ0n) is 9.80. The number of ether oxygens (including phenoxy) is 1. The molecule has 2 heteroatoms. The van der Waals surface area contributed by atoms with Gasteiger partial charge in [-0.2, -0.15) is 0 Å². The van der Waals surface area contributed by atoms with E-state index in [2.05, 4.69) is 6.58 Å². The van der Waals surface area contributed by atoms with Crippen LogP contribution < -0.4 is 4.74 Å². The molecule has 84 valence electrons. The Morgan fingerprint density at radius 2 is 2.19 bits per heavy atom. The van der Waals surface area contributed by atoms with Crippen LogP contribution in [0.4, 0.5) is 0 Å². The number of carbonyl (C=O) groups excluding carboxylic acids is 1. The Morgan fingerprint density at radius 3 is 2.88 bits per heavy atom. The highest BCUT2D eigenvalue weighted by Crippen LogP contribution is 2.33. The fourth-order valence-electron chi connectivity index (χ4n) is 2.04. The maximum absolute atomic E-state index is 11.8. The minimum atomic E-state index is 0.204. The third kappa shape index (κ3) is 1.87.